The smallest absolute Gasteiger partial charge is 0.0643 e. The van der Waals surface area contributed by atoms with Gasteiger partial charge < -0.3 is 15.3 Å². The molecule has 3 nitrogen and oxygen atoms in total. The fraction of sp³-hybridized carbons (Fsp3) is 0.538. The number of hydrogen-bond acceptors (Lipinski definition) is 3. The lowest BCUT2D eigenvalue weighted by molar-refractivity contribution is 0.299. The van der Waals surface area contributed by atoms with Gasteiger partial charge in [-0.3, -0.25) is 0 Å². The minimum Gasteiger partial charge on any atom is -0.395 e. The normalized spacial score (nSPS) is 10.9. The largest absolute Gasteiger partial charge is 0.395 e. The molecule has 0 aliphatic rings. The van der Waals surface area contributed by atoms with Crippen LogP contribution in [0.1, 0.15) is 19.4 Å². The highest BCUT2D eigenvalue weighted by Gasteiger charge is 2.16. The van der Waals surface area contributed by atoms with Crippen LogP contribution in [0.5, 0.6) is 0 Å². The molecular formula is C13H21ClN2O. The Kier molecular flexibility index (Phi) is 5.75. The number of nitrogens with one attached hydrogen (secondary N) is 1. The van der Waals surface area contributed by atoms with E-state index in [0.717, 1.165) is 22.8 Å². The molecule has 0 saturated carbocycles. The Labute approximate surface area is 108 Å². The van der Waals surface area contributed by atoms with Crippen LogP contribution in [0.25, 0.3) is 0 Å². The van der Waals surface area contributed by atoms with Crippen molar-refractivity contribution in [3.8, 4) is 0 Å². The molecule has 1 rings (SSSR count). The van der Waals surface area contributed by atoms with Gasteiger partial charge in [0.25, 0.3) is 0 Å². The van der Waals surface area contributed by atoms with E-state index in [9.17, 15) is 0 Å². The van der Waals surface area contributed by atoms with E-state index < -0.39 is 0 Å². The lowest BCUT2D eigenvalue weighted by Crippen LogP contribution is -2.34. The molecule has 0 aromatic heterocycles. The van der Waals surface area contributed by atoms with Gasteiger partial charge in [0.05, 0.1) is 17.3 Å². The maximum atomic E-state index is 9.16. The van der Waals surface area contributed by atoms with Gasteiger partial charge in [0, 0.05) is 19.1 Å². The van der Waals surface area contributed by atoms with Gasteiger partial charge in [-0.15, -0.1) is 0 Å². The summed E-state index contributed by atoms with van der Waals surface area (Å²) in [4.78, 5) is 2.13. The van der Waals surface area contributed by atoms with Gasteiger partial charge >= 0.3 is 0 Å². The van der Waals surface area contributed by atoms with E-state index in [2.05, 4.69) is 30.1 Å². The van der Waals surface area contributed by atoms with E-state index in [0.29, 0.717) is 12.6 Å². The van der Waals surface area contributed by atoms with Crippen molar-refractivity contribution < 1.29 is 5.11 Å². The fourth-order valence-corrected chi connectivity index (χ4v) is 2.25. The second-order valence-electron chi connectivity index (χ2n) is 4.29. The van der Waals surface area contributed by atoms with Gasteiger partial charge in [0.1, 0.15) is 0 Å². The first-order valence-electron chi connectivity index (χ1n) is 5.91. The molecule has 0 atom stereocenters. The number of benzene rings is 1. The minimum atomic E-state index is 0.127. The van der Waals surface area contributed by atoms with Gasteiger partial charge in [0.15, 0.2) is 0 Å². The van der Waals surface area contributed by atoms with E-state index >= 15 is 0 Å². The van der Waals surface area contributed by atoms with Crippen LogP contribution < -0.4 is 10.2 Å². The first-order chi connectivity index (χ1) is 8.11. The van der Waals surface area contributed by atoms with Gasteiger partial charge in [-0.05, 0) is 32.5 Å². The fourth-order valence-electron chi connectivity index (χ4n) is 1.95. The molecule has 0 aliphatic carbocycles. The predicted octanol–water partition coefficient (Wildman–Crippen LogP) is 2.27. The first-order valence-corrected chi connectivity index (χ1v) is 6.29. The van der Waals surface area contributed by atoms with Crippen LogP contribution in [0.15, 0.2) is 18.2 Å². The Morgan fingerprint density at radius 3 is 2.65 bits per heavy atom. The molecule has 96 valence electrons. The number of anilines is 1. The predicted molar refractivity (Wildman–Crippen MR) is 73.8 cm³/mol. The molecule has 0 aliphatic heterocycles. The summed E-state index contributed by atoms with van der Waals surface area (Å²) in [6, 6.07) is 6.21. The van der Waals surface area contributed by atoms with Crippen molar-refractivity contribution in [2.24, 2.45) is 0 Å². The second kappa shape index (κ2) is 6.84. The highest BCUT2D eigenvalue weighted by molar-refractivity contribution is 6.33. The SMILES string of the molecule is CNCc1cccc(Cl)c1N(CCO)C(C)C. The topological polar surface area (TPSA) is 35.5 Å². The molecule has 2 N–H and O–H groups in total. The number of hydrogen-bond donors (Lipinski definition) is 2. The van der Waals surface area contributed by atoms with Crippen LogP contribution in [-0.4, -0.2) is 31.3 Å². The lowest BCUT2D eigenvalue weighted by atomic mass is 10.1. The standard InChI is InChI=1S/C13H21ClN2O/c1-10(2)16(7-8-17)13-11(9-15-3)5-4-6-12(13)14/h4-6,10,15,17H,7-9H2,1-3H3. The molecule has 0 fully saturated rings. The van der Waals surface area contributed by atoms with E-state index in [1.54, 1.807) is 0 Å². The molecule has 0 bridgehead atoms. The lowest BCUT2D eigenvalue weighted by Gasteiger charge is -2.31. The molecule has 0 radical (unpaired) electrons. The molecule has 0 saturated heterocycles. The summed E-state index contributed by atoms with van der Waals surface area (Å²) in [6.45, 7) is 5.69. The van der Waals surface area contributed by atoms with E-state index in [1.165, 1.54) is 0 Å². The average Bonchev–Trinajstić information content (AvgIpc) is 2.27. The third-order valence-electron chi connectivity index (χ3n) is 2.69. The molecule has 4 heteroatoms. The molecule has 0 unspecified atom stereocenters. The number of nitrogens with zero attached hydrogens (tertiary/aromatic N) is 1. The molecule has 1 aromatic rings. The van der Waals surface area contributed by atoms with Gasteiger partial charge in [0.2, 0.25) is 0 Å². The number of halogens is 1. The number of para-hydroxylation sites is 1. The van der Waals surface area contributed by atoms with Crippen LogP contribution in [0.4, 0.5) is 5.69 Å². The molecule has 0 heterocycles. The Balaban J connectivity index is 3.14. The Morgan fingerprint density at radius 1 is 1.41 bits per heavy atom. The quantitative estimate of drug-likeness (QED) is 0.820. The summed E-state index contributed by atoms with van der Waals surface area (Å²) in [5.74, 6) is 0. The molecule has 0 spiro atoms. The summed E-state index contributed by atoms with van der Waals surface area (Å²) in [5, 5.41) is 13.0. The molecule has 1 aromatic carbocycles. The molecule has 17 heavy (non-hydrogen) atoms. The highest BCUT2D eigenvalue weighted by Crippen LogP contribution is 2.31. The highest BCUT2D eigenvalue weighted by atomic mass is 35.5. The minimum absolute atomic E-state index is 0.127. The van der Waals surface area contributed by atoms with E-state index in [1.807, 2.05) is 19.2 Å². The van der Waals surface area contributed by atoms with Gasteiger partial charge in [-0.25, -0.2) is 0 Å². The van der Waals surface area contributed by atoms with Crippen LogP contribution in [0.2, 0.25) is 5.02 Å². The van der Waals surface area contributed by atoms with Crippen molar-refractivity contribution in [1.82, 2.24) is 5.32 Å². The van der Waals surface area contributed by atoms with Gasteiger partial charge in [-0.1, -0.05) is 23.7 Å². The maximum absolute atomic E-state index is 9.16. The summed E-state index contributed by atoms with van der Waals surface area (Å²) < 4.78 is 0. The Hall–Kier alpha value is -0.770. The van der Waals surface area contributed by atoms with Crippen molar-refractivity contribution in [2.75, 3.05) is 25.1 Å². The van der Waals surface area contributed by atoms with Crippen molar-refractivity contribution in [3.63, 3.8) is 0 Å². The molecule has 0 amide bonds. The number of aliphatic hydroxyl groups excluding tert-OH is 1. The summed E-state index contributed by atoms with van der Waals surface area (Å²) in [5.41, 5.74) is 2.18. The summed E-state index contributed by atoms with van der Waals surface area (Å²) in [6.07, 6.45) is 0. The molecular weight excluding hydrogens is 236 g/mol. The van der Waals surface area contributed by atoms with Crippen molar-refractivity contribution in [1.29, 1.82) is 0 Å². The summed E-state index contributed by atoms with van der Waals surface area (Å²) in [7, 11) is 1.91. The third-order valence-corrected chi connectivity index (χ3v) is 2.99. The zero-order valence-electron chi connectivity index (χ0n) is 10.7. The van der Waals surface area contributed by atoms with E-state index in [4.69, 9.17) is 16.7 Å². The van der Waals surface area contributed by atoms with Crippen LogP contribution >= 0.6 is 11.6 Å². The third kappa shape index (κ3) is 3.60. The average molecular weight is 257 g/mol. The Morgan fingerprint density at radius 2 is 2.12 bits per heavy atom. The number of aliphatic hydroxyl groups is 1. The van der Waals surface area contributed by atoms with Crippen molar-refractivity contribution >= 4 is 17.3 Å². The zero-order valence-corrected chi connectivity index (χ0v) is 11.5. The zero-order chi connectivity index (χ0) is 12.8. The van der Waals surface area contributed by atoms with Crippen LogP contribution in [0.3, 0.4) is 0 Å². The van der Waals surface area contributed by atoms with E-state index in [-0.39, 0.29) is 6.61 Å². The maximum Gasteiger partial charge on any atom is 0.0643 e. The van der Waals surface area contributed by atoms with Crippen LogP contribution in [-0.2, 0) is 6.54 Å². The van der Waals surface area contributed by atoms with Crippen LogP contribution in [0, 0.1) is 0 Å². The van der Waals surface area contributed by atoms with Crippen molar-refractivity contribution in [3.05, 3.63) is 28.8 Å². The summed E-state index contributed by atoms with van der Waals surface area (Å²) >= 11 is 6.29. The van der Waals surface area contributed by atoms with Gasteiger partial charge in [-0.2, -0.15) is 0 Å². The second-order valence-corrected chi connectivity index (χ2v) is 4.70. The number of rotatable bonds is 6. The first kappa shape index (κ1) is 14.3. The van der Waals surface area contributed by atoms with Crippen molar-refractivity contribution in [2.45, 2.75) is 26.4 Å². The monoisotopic (exact) mass is 256 g/mol. The Bertz CT molecular complexity index is 355.